The van der Waals surface area contributed by atoms with E-state index in [2.05, 4.69) is 10.6 Å². The van der Waals surface area contributed by atoms with Crippen molar-refractivity contribution in [2.24, 2.45) is 0 Å². The van der Waals surface area contributed by atoms with Crippen LogP contribution in [0, 0.1) is 5.82 Å². The molecular formula is C19H17FN2O5S2. The summed E-state index contributed by atoms with van der Waals surface area (Å²) in [5.74, 6) is -2.16. The smallest absolute Gasteiger partial charge is 0.309 e. The van der Waals surface area contributed by atoms with E-state index in [0.29, 0.717) is 5.56 Å². The highest BCUT2D eigenvalue weighted by Crippen LogP contribution is 2.31. The van der Waals surface area contributed by atoms with Crippen molar-refractivity contribution in [3.8, 4) is 0 Å². The monoisotopic (exact) mass is 436 g/mol. The van der Waals surface area contributed by atoms with Gasteiger partial charge in [0, 0.05) is 13.1 Å². The van der Waals surface area contributed by atoms with Gasteiger partial charge in [-0.15, -0.1) is 11.3 Å². The Morgan fingerprint density at radius 3 is 2.38 bits per heavy atom. The zero-order valence-corrected chi connectivity index (χ0v) is 16.6. The molecule has 3 rings (SSSR count). The lowest BCUT2D eigenvalue weighted by molar-refractivity contribution is -0.139. The quantitative estimate of drug-likeness (QED) is 0.554. The van der Waals surface area contributed by atoms with E-state index in [-0.39, 0.29) is 23.1 Å². The van der Waals surface area contributed by atoms with Gasteiger partial charge in [-0.25, -0.2) is 12.8 Å². The summed E-state index contributed by atoms with van der Waals surface area (Å²) < 4.78 is 44.0. The summed E-state index contributed by atoms with van der Waals surface area (Å²) in [5, 5.41) is 5.19. The van der Waals surface area contributed by atoms with Gasteiger partial charge >= 0.3 is 11.8 Å². The van der Waals surface area contributed by atoms with Crippen LogP contribution in [0.3, 0.4) is 0 Å². The number of amides is 2. The van der Waals surface area contributed by atoms with Crippen LogP contribution in [0.5, 0.6) is 0 Å². The molecule has 2 N–H and O–H groups in total. The Kier molecular flexibility index (Phi) is 6.45. The first-order valence-electron chi connectivity index (χ1n) is 8.49. The minimum absolute atomic E-state index is 0.0294. The lowest BCUT2D eigenvalue weighted by Gasteiger charge is -2.15. The predicted octanol–water partition coefficient (Wildman–Crippen LogP) is 2.43. The zero-order chi connectivity index (χ0) is 20.9. The number of sulfone groups is 1. The molecule has 0 fully saturated rings. The number of hydrogen-bond acceptors (Lipinski definition) is 6. The first kappa shape index (κ1) is 20.7. The van der Waals surface area contributed by atoms with Crippen molar-refractivity contribution in [3.05, 3.63) is 77.3 Å². The lowest BCUT2D eigenvalue weighted by Crippen LogP contribution is -2.42. The minimum Gasteiger partial charge on any atom is -0.468 e. The van der Waals surface area contributed by atoms with Crippen LogP contribution in [0.2, 0.25) is 0 Å². The van der Waals surface area contributed by atoms with Crippen LogP contribution in [0.4, 0.5) is 4.39 Å². The molecule has 2 amide bonds. The van der Waals surface area contributed by atoms with Gasteiger partial charge in [-0.2, -0.15) is 0 Å². The minimum atomic E-state index is -3.82. The SMILES string of the molecule is O=C(NCc1ccc(F)cc1)C(=O)NC[C@H](c1ccco1)S(=O)(=O)c1cccs1. The Hall–Kier alpha value is -2.98. The molecule has 0 aliphatic carbocycles. The number of hydrogen-bond donors (Lipinski definition) is 2. The van der Waals surface area contributed by atoms with Gasteiger partial charge in [0.2, 0.25) is 0 Å². The fraction of sp³-hybridized carbons (Fsp3) is 0.158. The van der Waals surface area contributed by atoms with Crippen LogP contribution >= 0.6 is 11.3 Å². The average Bonchev–Trinajstić information content (AvgIpc) is 3.41. The molecule has 0 aliphatic heterocycles. The van der Waals surface area contributed by atoms with Gasteiger partial charge in [-0.1, -0.05) is 18.2 Å². The maximum atomic E-state index is 12.9. The number of rotatable bonds is 7. The summed E-state index contributed by atoms with van der Waals surface area (Å²) in [6, 6.07) is 11.6. The standard InChI is InChI=1S/C19H17FN2O5S2/c20-14-7-5-13(6-8-14)11-21-18(23)19(24)22-12-16(15-3-1-9-27-15)29(25,26)17-4-2-10-28-17/h1-10,16H,11-12H2,(H,21,23)(H,22,24)/t16-/m1/s1. The third kappa shape index (κ3) is 5.09. The second-order valence-electron chi connectivity index (χ2n) is 6.00. The van der Waals surface area contributed by atoms with Gasteiger partial charge in [0.05, 0.1) is 6.26 Å². The maximum Gasteiger partial charge on any atom is 0.309 e. The van der Waals surface area contributed by atoms with Gasteiger partial charge in [-0.3, -0.25) is 9.59 Å². The van der Waals surface area contributed by atoms with Crippen LogP contribution in [0.1, 0.15) is 16.6 Å². The van der Waals surface area contributed by atoms with E-state index in [1.165, 1.54) is 42.7 Å². The molecule has 0 spiro atoms. The lowest BCUT2D eigenvalue weighted by atomic mass is 10.2. The summed E-state index contributed by atoms with van der Waals surface area (Å²) in [6.07, 6.45) is 1.34. The molecule has 2 heterocycles. The molecule has 10 heteroatoms. The number of carbonyl (C=O) groups excluding carboxylic acids is 2. The van der Waals surface area contributed by atoms with Crippen molar-refractivity contribution < 1.29 is 26.8 Å². The fourth-order valence-electron chi connectivity index (χ4n) is 2.53. The van der Waals surface area contributed by atoms with Gasteiger partial charge in [-0.05, 0) is 41.3 Å². The molecule has 29 heavy (non-hydrogen) atoms. The van der Waals surface area contributed by atoms with E-state index in [0.717, 1.165) is 11.3 Å². The molecule has 1 atom stereocenters. The largest absolute Gasteiger partial charge is 0.468 e. The van der Waals surface area contributed by atoms with Gasteiger partial charge in [0.1, 0.15) is 21.0 Å². The van der Waals surface area contributed by atoms with Gasteiger partial charge in [0.25, 0.3) is 0 Å². The molecule has 0 saturated heterocycles. The first-order valence-corrected chi connectivity index (χ1v) is 10.9. The normalized spacial score (nSPS) is 12.3. The van der Waals surface area contributed by atoms with E-state index in [1.807, 2.05) is 0 Å². The number of halogens is 1. The van der Waals surface area contributed by atoms with Crippen LogP contribution in [-0.4, -0.2) is 26.8 Å². The van der Waals surface area contributed by atoms with E-state index >= 15 is 0 Å². The molecule has 0 radical (unpaired) electrons. The molecule has 0 aliphatic rings. The second kappa shape index (κ2) is 9.01. The Morgan fingerprint density at radius 2 is 1.76 bits per heavy atom. The molecular weight excluding hydrogens is 419 g/mol. The Bertz CT molecular complexity index is 1060. The first-order chi connectivity index (χ1) is 13.9. The molecule has 0 bridgehead atoms. The average molecular weight is 436 g/mol. The number of nitrogens with one attached hydrogen (secondary N) is 2. The third-order valence-electron chi connectivity index (χ3n) is 4.03. The fourth-order valence-corrected chi connectivity index (χ4v) is 5.33. The van der Waals surface area contributed by atoms with E-state index in [9.17, 15) is 22.4 Å². The molecule has 0 unspecified atom stereocenters. The Morgan fingerprint density at radius 1 is 1.03 bits per heavy atom. The number of benzene rings is 1. The van der Waals surface area contributed by atoms with Crippen molar-refractivity contribution >= 4 is 33.0 Å². The van der Waals surface area contributed by atoms with Crippen LogP contribution in [0.15, 0.2) is 68.8 Å². The number of carbonyl (C=O) groups is 2. The number of furan rings is 1. The van der Waals surface area contributed by atoms with Gasteiger partial charge < -0.3 is 15.1 Å². The topological polar surface area (TPSA) is 105 Å². The highest BCUT2D eigenvalue weighted by Gasteiger charge is 2.33. The highest BCUT2D eigenvalue weighted by molar-refractivity contribution is 7.93. The van der Waals surface area contributed by atoms with Crippen LogP contribution in [0.25, 0.3) is 0 Å². The Labute approximate surface area is 170 Å². The van der Waals surface area contributed by atoms with Crippen LogP contribution in [-0.2, 0) is 26.0 Å². The van der Waals surface area contributed by atoms with Crippen LogP contribution < -0.4 is 10.6 Å². The Balaban J connectivity index is 1.64. The summed E-state index contributed by atoms with van der Waals surface area (Å²) in [5.41, 5.74) is 0.612. The molecule has 7 nitrogen and oxygen atoms in total. The highest BCUT2D eigenvalue weighted by atomic mass is 32.2. The van der Waals surface area contributed by atoms with Crippen molar-refractivity contribution in [1.29, 1.82) is 0 Å². The van der Waals surface area contributed by atoms with Crippen molar-refractivity contribution in [1.82, 2.24) is 10.6 Å². The molecule has 2 aromatic heterocycles. The zero-order valence-electron chi connectivity index (χ0n) is 15.0. The predicted molar refractivity (Wildman–Crippen MR) is 104 cm³/mol. The molecule has 3 aromatic rings. The summed E-state index contributed by atoms with van der Waals surface area (Å²) in [6.45, 7) is -0.307. The van der Waals surface area contributed by atoms with Crippen molar-refractivity contribution in [3.63, 3.8) is 0 Å². The van der Waals surface area contributed by atoms with E-state index < -0.39 is 32.7 Å². The van der Waals surface area contributed by atoms with Crippen molar-refractivity contribution in [2.75, 3.05) is 6.54 Å². The number of thiophene rings is 1. The van der Waals surface area contributed by atoms with E-state index in [4.69, 9.17) is 4.42 Å². The van der Waals surface area contributed by atoms with E-state index in [1.54, 1.807) is 17.5 Å². The maximum absolute atomic E-state index is 12.9. The summed E-state index contributed by atoms with van der Waals surface area (Å²) in [4.78, 5) is 24.1. The van der Waals surface area contributed by atoms with Crippen molar-refractivity contribution in [2.45, 2.75) is 16.0 Å². The second-order valence-corrected chi connectivity index (χ2v) is 9.31. The molecule has 1 aromatic carbocycles. The molecule has 0 saturated carbocycles. The van der Waals surface area contributed by atoms with Gasteiger partial charge in [0.15, 0.2) is 9.84 Å². The summed E-state index contributed by atoms with van der Waals surface area (Å²) in [7, 11) is -3.82. The third-order valence-corrected chi connectivity index (χ3v) is 7.52. The molecule has 152 valence electrons. The summed E-state index contributed by atoms with van der Waals surface area (Å²) >= 11 is 1.05.